The number of benzene rings is 4. The van der Waals surface area contributed by atoms with Gasteiger partial charge in [-0.1, -0.05) is 0 Å². The number of hydrogen-bond donors (Lipinski definition) is 0. The molecule has 1 aliphatic heterocycles. The second-order valence-electron chi connectivity index (χ2n) is 14.0. The highest BCUT2D eigenvalue weighted by molar-refractivity contribution is 6.07. The SMILES string of the molecule is COC(=O)c1cc([N+](=O)[O-])ccc1-c1ccc([N+](=O)[O-])cc1C(=O)N1CCOCCOCCN(C(=O)c2cc([N+](=O)[O-])ccc2-c2ccc([N+](=O)[O-])cc2C(=O)OC)CCOCCOCC1. The highest BCUT2D eigenvalue weighted by atomic mass is 16.6. The minimum Gasteiger partial charge on any atom is -0.465 e. The van der Waals surface area contributed by atoms with Crippen LogP contribution in [0.15, 0.2) is 72.8 Å². The lowest BCUT2D eigenvalue weighted by Crippen LogP contribution is -2.38. The lowest BCUT2D eigenvalue weighted by molar-refractivity contribution is -0.385. The third-order valence-corrected chi connectivity index (χ3v) is 10.0. The number of carbonyl (C=O) groups is 4. The van der Waals surface area contributed by atoms with Gasteiger partial charge >= 0.3 is 11.9 Å². The number of nitro groups is 4. The van der Waals surface area contributed by atoms with Crippen molar-refractivity contribution in [2.45, 2.75) is 0 Å². The first-order valence-electron chi connectivity index (χ1n) is 19.9. The van der Waals surface area contributed by atoms with Gasteiger partial charge in [0.2, 0.25) is 0 Å². The third kappa shape index (κ3) is 12.3. The van der Waals surface area contributed by atoms with E-state index < -0.39 is 66.2 Å². The molecule has 0 atom stereocenters. The molecule has 1 saturated heterocycles. The van der Waals surface area contributed by atoms with Gasteiger partial charge in [-0.15, -0.1) is 0 Å². The Hall–Kier alpha value is -7.80. The van der Waals surface area contributed by atoms with Gasteiger partial charge in [0, 0.05) is 74.7 Å². The molecule has 4 aromatic carbocycles. The van der Waals surface area contributed by atoms with E-state index in [0.717, 1.165) is 62.8 Å². The van der Waals surface area contributed by atoms with Crippen LogP contribution in [-0.4, -0.2) is 146 Å². The Morgan fingerprint density at radius 1 is 0.424 bits per heavy atom. The maximum atomic E-state index is 14.3. The Balaban J connectivity index is 1.34. The molecule has 24 heteroatoms. The van der Waals surface area contributed by atoms with E-state index in [1.54, 1.807) is 0 Å². The number of methoxy groups -OCH3 is 2. The number of carbonyl (C=O) groups excluding carboxylic acids is 4. The number of ether oxygens (including phenoxy) is 6. The topological polar surface area (TPSA) is 303 Å². The average molecular weight is 919 g/mol. The molecule has 24 nitrogen and oxygen atoms in total. The van der Waals surface area contributed by atoms with Crippen LogP contribution in [0.4, 0.5) is 22.7 Å². The molecular weight excluding hydrogens is 876 g/mol. The van der Waals surface area contributed by atoms with Crippen LogP contribution in [0.1, 0.15) is 41.4 Å². The van der Waals surface area contributed by atoms with Gasteiger partial charge in [-0.25, -0.2) is 9.59 Å². The lowest BCUT2D eigenvalue weighted by atomic mass is 9.93. The van der Waals surface area contributed by atoms with E-state index in [-0.39, 0.29) is 124 Å². The number of esters is 2. The second kappa shape index (κ2) is 23.2. The number of rotatable bonds is 10. The summed E-state index contributed by atoms with van der Waals surface area (Å²) in [6.45, 7) is -0.375. The van der Waals surface area contributed by atoms with Gasteiger partial charge in [0.1, 0.15) is 0 Å². The number of nitro benzene ring substituents is 4. The minimum atomic E-state index is -0.945. The summed E-state index contributed by atoms with van der Waals surface area (Å²) in [5.41, 5.74) is -2.37. The molecule has 5 rings (SSSR count). The molecule has 4 aromatic rings. The van der Waals surface area contributed by atoms with Gasteiger partial charge in [-0.2, -0.15) is 0 Å². The van der Waals surface area contributed by atoms with Gasteiger partial charge in [-0.3, -0.25) is 50.0 Å². The van der Waals surface area contributed by atoms with Crippen LogP contribution in [0, 0.1) is 40.5 Å². The van der Waals surface area contributed by atoms with Crippen molar-refractivity contribution >= 4 is 46.5 Å². The predicted molar refractivity (Wildman–Crippen MR) is 228 cm³/mol. The first kappa shape index (κ1) is 49.2. The maximum absolute atomic E-state index is 14.3. The molecule has 66 heavy (non-hydrogen) atoms. The Labute approximate surface area is 374 Å². The van der Waals surface area contributed by atoms with E-state index in [9.17, 15) is 59.6 Å². The smallest absolute Gasteiger partial charge is 0.338 e. The van der Waals surface area contributed by atoms with E-state index in [0.29, 0.717) is 0 Å². The fraction of sp³-hybridized carbons (Fsp3) is 0.333. The Kier molecular flexibility index (Phi) is 17.3. The summed E-state index contributed by atoms with van der Waals surface area (Å²) in [7, 11) is 2.14. The van der Waals surface area contributed by atoms with Crippen LogP contribution in [-0.2, 0) is 28.4 Å². The van der Waals surface area contributed by atoms with Crippen molar-refractivity contribution < 1.29 is 67.3 Å². The van der Waals surface area contributed by atoms with Crippen molar-refractivity contribution in [3.63, 3.8) is 0 Å². The van der Waals surface area contributed by atoms with Gasteiger partial charge in [0.05, 0.1) is 109 Å². The maximum Gasteiger partial charge on any atom is 0.338 e. The molecule has 0 radical (unpaired) electrons. The highest BCUT2D eigenvalue weighted by Crippen LogP contribution is 2.35. The van der Waals surface area contributed by atoms with Gasteiger partial charge in [-0.05, 0) is 46.5 Å². The molecule has 1 fully saturated rings. The van der Waals surface area contributed by atoms with Crippen LogP contribution < -0.4 is 0 Å². The number of hydrogen-bond acceptors (Lipinski definition) is 18. The molecule has 1 aliphatic rings. The van der Waals surface area contributed by atoms with Crippen molar-refractivity contribution in [2.75, 3.05) is 93.3 Å². The Bertz CT molecular complexity index is 2320. The molecular formula is C42H42N6O18. The molecule has 0 aromatic heterocycles. The molecule has 0 N–H and O–H groups in total. The van der Waals surface area contributed by atoms with E-state index in [4.69, 9.17) is 28.4 Å². The molecule has 0 spiro atoms. The highest BCUT2D eigenvalue weighted by Gasteiger charge is 2.29. The Morgan fingerprint density at radius 3 is 0.909 bits per heavy atom. The van der Waals surface area contributed by atoms with Crippen LogP contribution >= 0.6 is 0 Å². The molecule has 0 unspecified atom stereocenters. The summed E-state index contributed by atoms with van der Waals surface area (Å²) in [4.78, 5) is 101. The minimum absolute atomic E-state index is 0.00834. The zero-order valence-electron chi connectivity index (χ0n) is 35.4. The summed E-state index contributed by atoms with van der Waals surface area (Å²) >= 11 is 0. The van der Waals surface area contributed by atoms with E-state index in [1.807, 2.05) is 0 Å². The average Bonchev–Trinajstić information content (AvgIpc) is 3.32. The Morgan fingerprint density at radius 2 is 0.667 bits per heavy atom. The van der Waals surface area contributed by atoms with Crippen LogP contribution in [0.3, 0.4) is 0 Å². The summed E-state index contributed by atoms with van der Waals surface area (Å²) in [6, 6.07) is 13.6. The molecule has 0 aliphatic carbocycles. The van der Waals surface area contributed by atoms with E-state index >= 15 is 0 Å². The predicted octanol–water partition coefficient (Wildman–Crippen LogP) is 4.89. The van der Waals surface area contributed by atoms with Crippen LogP contribution in [0.5, 0.6) is 0 Å². The summed E-state index contributed by atoms with van der Waals surface area (Å²) < 4.78 is 32.7. The van der Waals surface area contributed by atoms with E-state index in [1.165, 1.54) is 34.1 Å². The first-order valence-corrected chi connectivity index (χ1v) is 19.9. The van der Waals surface area contributed by atoms with Crippen molar-refractivity contribution in [2.24, 2.45) is 0 Å². The quantitative estimate of drug-likeness (QED) is 0.116. The fourth-order valence-electron chi connectivity index (χ4n) is 6.75. The van der Waals surface area contributed by atoms with E-state index in [2.05, 4.69) is 0 Å². The lowest BCUT2D eigenvalue weighted by Gasteiger charge is -2.25. The molecule has 0 saturated carbocycles. The molecule has 0 bridgehead atoms. The largest absolute Gasteiger partial charge is 0.465 e. The molecule has 2 amide bonds. The normalized spacial score (nSPS) is 14.5. The number of non-ortho nitro benzene ring substituents is 4. The zero-order chi connectivity index (χ0) is 47.9. The van der Waals surface area contributed by atoms with Crippen molar-refractivity contribution in [3.05, 3.63) is 136 Å². The van der Waals surface area contributed by atoms with Gasteiger partial charge in [0.15, 0.2) is 0 Å². The standard InChI is InChI=1S/C42H42N6O18/c1-61-41(51)37-25-29(47(57)58)5-9-33(37)31-7-3-27(45(53)54)23-35(31)39(49)43-11-15-63-19-21-65-17-13-44(14-18-66-22-20-64-16-12-43)40(50)36-24-28(46(55)56)4-8-32(36)34-10-6-30(48(59)60)26-38(34)42(52)62-2/h3-10,23-26H,11-22H2,1-2H3. The van der Waals surface area contributed by atoms with Crippen LogP contribution in [0.25, 0.3) is 22.3 Å². The molecule has 1 heterocycles. The van der Waals surface area contributed by atoms with Crippen molar-refractivity contribution in [3.8, 4) is 22.3 Å². The zero-order valence-corrected chi connectivity index (χ0v) is 35.4. The van der Waals surface area contributed by atoms with Gasteiger partial charge < -0.3 is 38.2 Å². The number of nitrogens with zero attached hydrogens (tertiary/aromatic N) is 6. The fourth-order valence-corrected chi connectivity index (χ4v) is 6.75. The number of amides is 2. The summed E-state index contributed by atoms with van der Waals surface area (Å²) in [6.07, 6.45) is 0. The van der Waals surface area contributed by atoms with Crippen molar-refractivity contribution in [1.82, 2.24) is 9.80 Å². The monoisotopic (exact) mass is 918 g/mol. The summed E-state index contributed by atoms with van der Waals surface area (Å²) in [5.74, 6) is -3.30. The summed E-state index contributed by atoms with van der Waals surface area (Å²) in [5, 5.41) is 46.7. The third-order valence-electron chi connectivity index (χ3n) is 10.0. The van der Waals surface area contributed by atoms with Crippen LogP contribution in [0.2, 0.25) is 0 Å². The molecule has 348 valence electrons. The van der Waals surface area contributed by atoms with Gasteiger partial charge in [0.25, 0.3) is 34.6 Å². The van der Waals surface area contributed by atoms with Crippen molar-refractivity contribution in [1.29, 1.82) is 0 Å². The second-order valence-corrected chi connectivity index (χ2v) is 14.0. The first-order chi connectivity index (χ1) is 31.7.